The van der Waals surface area contributed by atoms with Crippen LogP contribution in [0.4, 0.5) is 4.39 Å². The minimum atomic E-state index is -0.534. The van der Waals surface area contributed by atoms with Crippen molar-refractivity contribution in [3.63, 3.8) is 0 Å². The Morgan fingerprint density at radius 3 is 2.61 bits per heavy atom. The van der Waals surface area contributed by atoms with Gasteiger partial charge >= 0.3 is 5.97 Å². The van der Waals surface area contributed by atoms with Crippen molar-refractivity contribution in [2.45, 2.75) is 44.2 Å². The normalized spacial score (nSPS) is 21.7. The van der Waals surface area contributed by atoms with E-state index in [-0.39, 0.29) is 30.1 Å². The molecule has 0 aliphatic heterocycles. The van der Waals surface area contributed by atoms with Gasteiger partial charge < -0.3 is 15.8 Å². The van der Waals surface area contributed by atoms with Crippen LogP contribution in [0.1, 0.15) is 43.7 Å². The largest absolute Gasteiger partial charge is 0.469 e. The zero-order valence-electron chi connectivity index (χ0n) is 13.3. The van der Waals surface area contributed by atoms with Gasteiger partial charge in [0.2, 0.25) is 5.91 Å². The van der Waals surface area contributed by atoms with Crippen LogP contribution < -0.4 is 11.1 Å². The summed E-state index contributed by atoms with van der Waals surface area (Å²) >= 11 is 0. The molecular weight excluding hydrogens is 299 g/mol. The van der Waals surface area contributed by atoms with Gasteiger partial charge in [-0.1, -0.05) is 18.6 Å². The summed E-state index contributed by atoms with van der Waals surface area (Å²) in [7, 11) is 1.30. The van der Waals surface area contributed by atoms with Crippen molar-refractivity contribution in [2.75, 3.05) is 7.11 Å². The van der Waals surface area contributed by atoms with Crippen LogP contribution in [0.3, 0.4) is 0 Å². The number of ether oxygens (including phenoxy) is 1. The number of rotatable bonds is 6. The molecule has 1 aromatic carbocycles. The Morgan fingerprint density at radius 1 is 1.35 bits per heavy atom. The molecule has 1 saturated carbocycles. The fourth-order valence-corrected chi connectivity index (χ4v) is 3.01. The van der Waals surface area contributed by atoms with E-state index >= 15 is 0 Å². The number of amides is 1. The third kappa shape index (κ3) is 5.03. The lowest BCUT2D eigenvalue weighted by Gasteiger charge is -2.20. The summed E-state index contributed by atoms with van der Waals surface area (Å²) in [6.07, 6.45) is 3.29. The number of carbonyl (C=O) groups excluding carboxylic acids is 2. The lowest BCUT2D eigenvalue weighted by molar-refractivity contribution is -0.141. The van der Waals surface area contributed by atoms with Gasteiger partial charge in [0, 0.05) is 12.5 Å². The number of benzene rings is 1. The van der Waals surface area contributed by atoms with E-state index in [0.29, 0.717) is 12.0 Å². The molecule has 1 unspecified atom stereocenters. The summed E-state index contributed by atoms with van der Waals surface area (Å²) < 4.78 is 17.7. The van der Waals surface area contributed by atoms with Gasteiger partial charge in [0.05, 0.1) is 19.6 Å². The average Bonchev–Trinajstić information content (AvgIpc) is 2.92. The van der Waals surface area contributed by atoms with Gasteiger partial charge in [0.25, 0.3) is 0 Å². The maximum Gasteiger partial charge on any atom is 0.307 e. The van der Waals surface area contributed by atoms with Crippen molar-refractivity contribution in [3.8, 4) is 0 Å². The van der Waals surface area contributed by atoms with Crippen molar-refractivity contribution >= 4 is 11.9 Å². The first kappa shape index (κ1) is 17.4. The number of esters is 1. The van der Waals surface area contributed by atoms with Crippen LogP contribution >= 0.6 is 0 Å². The number of nitrogens with one attached hydrogen (secondary N) is 1. The van der Waals surface area contributed by atoms with Gasteiger partial charge in [-0.05, 0) is 36.5 Å². The summed E-state index contributed by atoms with van der Waals surface area (Å²) in [6, 6.07) is 5.26. The van der Waals surface area contributed by atoms with Gasteiger partial charge in [-0.15, -0.1) is 0 Å². The second-order valence-electron chi connectivity index (χ2n) is 6.01. The molecule has 23 heavy (non-hydrogen) atoms. The molecule has 1 fully saturated rings. The van der Waals surface area contributed by atoms with E-state index in [9.17, 15) is 14.0 Å². The molecule has 1 amide bonds. The molecule has 0 radical (unpaired) electrons. The van der Waals surface area contributed by atoms with Crippen LogP contribution in [-0.2, 0) is 14.3 Å². The van der Waals surface area contributed by atoms with Crippen molar-refractivity contribution in [3.05, 3.63) is 35.6 Å². The quantitative estimate of drug-likeness (QED) is 0.786. The van der Waals surface area contributed by atoms with Crippen LogP contribution in [0.25, 0.3) is 0 Å². The van der Waals surface area contributed by atoms with Crippen molar-refractivity contribution in [1.82, 2.24) is 5.32 Å². The highest BCUT2D eigenvalue weighted by Crippen LogP contribution is 2.27. The average molecular weight is 322 g/mol. The Labute approximate surface area is 135 Å². The highest BCUT2D eigenvalue weighted by atomic mass is 19.1. The number of hydrogen-bond acceptors (Lipinski definition) is 4. The van der Waals surface area contributed by atoms with E-state index in [1.165, 1.54) is 19.2 Å². The van der Waals surface area contributed by atoms with E-state index in [4.69, 9.17) is 5.73 Å². The second kappa shape index (κ2) is 8.06. The van der Waals surface area contributed by atoms with Crippen molar-refractivity contribution in [2.24, 2.45) is 11.7 Å². The zero-order chi connectivity index (χ0) is 16.8. The molecule has 0 heterocycles. The summed E-state index contributed by atoms with van der Waals surface area (Å²) in [5.74, 6) is -0.765. The molecule has 0 bridgehead atoms. The monoisotopic (exact) mass is 322 g/mol. The van der Waals surface area contributed by atoms with Gasteiger partial charge in [0.15, 0.2) is 0 Å². The Hall–Kier alpha value is -1.95. The molecule has 6 heteroatoms. The molecule has 0 aromatic heterocycles. The van der Waals surface area contributed by atoms with Crippen LogP contribution in [0, 0.1) is 11.7 Å². The molecular formula is C17H23FN2O3. The Bertz CT molecular complexity index is 547. The number of hydrogen-bond donors (Lipinski definition) is 2. The SMILES string of the molecule is COC(=O)CC(NC(=O)C[C@@H]1CCC[C@H]1N)c1ccc(F)cc1. The van der Waals surface area contributed by atoms with Gasteiger partial charge in [-0.3, -0.25) is 9.59 Å². The Kier molecular flexibility index (Phi) is 6.10. The summed E-state index contributed by atoms with van der Waals surface area (Å²) in [5.41, 5.74) is 6.66. The van der Waals surface area contributed by atoms with Crippen LogP contribution in [0.15, 0.2) is 24.3 Å². The molecule has 3 N–H and O–H groups in total. The number of methoxy groups -OCH3 is 1. The molecule has 126 valence electrons. The summed E-state index contributed by atoms with van der Waals surface area (Å²) in [6.45, 7) is 0. The third-order valence-corrected chi connectivity index (χ3v) is 4.37. The second-order valence-corrected chi connectivity index (χ2v) is 6.01. The van der Waals surface area contributed by atoms with E-state index in [1.807, 2.05) is 0 Å². The van der Waals surface area contributed by atoms with Crippen molar-refractivity contribution < 1.29 is 18.7 Å². The molecule has 0 saturated heterocycles. The predicted molar refractivity (Wildman–Crippen MR) is 83.9 cm³/mol. The molecule has 0 spiro atoms. The molecule has 5 nitrogen and oxygen atoms in total. The number of halogens is 1. The lowest BCUT2D eigenvalue weighted by Crippen LogP contribution is -2.34. The van der Waals surface area contributed by atoms with Crippen LogP contribution in [-0.4, -0.2) is 25.0 Å². The van der Waals surface area contributed by atoms with Gasteiger partial charge in [-0.2, -0.15) is 0 Å². The first-order valence-electron chi connectivity index (χ1n) is 7.87. The molecule has 1 aromatic rings. The third-order valence-electron chi connectivity index (χ3n) is 4.37. The molecule has 2 rings (SSSR count). The Balaban J connectivity index is 2.02. The van der Waals surface area contributed by atoms with E-state index in [1.54, 1.807) is 12.1 Å². The predicted octanol–water partition coefficient (Wildman–Crippen LogP) is 2.06. The minimum Gasteiger partial charge on any atom is -0.469 e. The van der Waals surface area contributed by atoms with E-state index in [0.717, 1.165) is 19.3 Å². The van der Waals surface area contributed by atoms with E-state index in [2.05, 4.69) is 10.1 Å². The fraction of sp³-hybridized carbons (Fsp3) is 0.529. The van der Waals surface area contributed by atoms with Crippen molar-refractivity contribution in [1.29, 1.82) is 0 Å². The highest BCUT2D eigenvalue weighted by Gasteiger charge is 2.27. The van der Waals surface area contributed by atoms with Crippen LogP contribution in [0.5, 0.6) is 0 Å². The topological polar surface area (TPSA) is 81.4 Å². The first-order valence-corrected chi connectivity index (χ1v) is 7.87. The summed E-state index contributed by atoms with van der Waals surface area (Å²) in [5, 5.41) is 2.85. The maximum atomic E-state index is 13.1. The highest BCUT2D eigenvalue weighted by molar-refractivity contribution is 5.78. The van der Waals surface area contributed by atoms with E-state index < -0.39 is 12.0 Å². The van der Waals surface area contributed by atoms with Gasteiger partial charge in [-0.25, -0.2) is 4.39 Å². The maximum absolute atomic E-state index is 13.1. The first-order chi connectivity index (χ1) is 11.0. The lowest BCUT2D eigenvalue weighted by atomic mass is 9.98. The molecule has 3 atom stereocenters. The Morgan fingerprint density at radius 2 is 2.04 bits per heavy atom. The standard InChI is InChI=1S/C17H23FN2O3/c1-23-17(22)10-15(11-5-7-13(18)8-6-11)20-16(21)9-12-3-2-4-14(12)19/h5-8,12,14-15H,2-4,9-10,19H2,1H3,(H,20,21)/t12-,14+,15?/m0/s1. The molecule has 1 aliphatic rings. The molecule has 1 aliphatic carbocycles. The van der Waals surface area contributed by atoms with Gasteiger partial charge in [0.1, 0.15) is 5.82 Å². The summed E-state index contributed by atoms with van der Waals surface area (Å²) in [4.78, 5) is 23.8. The number of nitrogens with two attached hydrogens (primary N) is 1. The zero-order valence-corrected chi connectivity index (χ0v) is 13.3. The number of carbonyl (C=O) groups is 2. The minimum absolute atomic E-state index is 0.00456. The van der Waals surface area contributed by atoms with Crippen LogP contribution in [0.2, 0.25) is 0 Å². The fourth-order valence-electron chi connectivity index (χ4n) is 3.01. The smallest absolute Gasteiger partial charge is 0.307 e.